The Labute approximate surface area is 288 Å². The van der Waals surface area contributed by atoms with Gasteiger partial charge in [0.1, 0.15) is 11.7 Å². The van der Waals surface area contributed by atoms with E-state index < -0.39 is 54.3 Å². The van der Waals surface area contributed by atoms with Crippen molar-refractivity contribution >= 4 is 20.6 Å². The molecule has 1 saturated heterocycles. The van der Waals surface area contributed by atoms with E-state index in [4.69, 9.17) is 23.7 Å². The fourth-order valence-electron chi connectivity index (χ4n) is 7.01. The second-order valence-electron chi connectivity index (χ2n) is 13.6. The van der Waals surface area contributed by atoms with Gasteiger partial charge in [0.15, 0.2) is 10.8 Å². The number of nitrogens with zero attached hydrogens (tertiary/aromatic N) is 1. The van der Waals surface area contributed by atoms with Gasteiger partial charge >= 0.3 is 5.69 Å². The number of thioether (sulfide) groups is 1. The van der Waals surface area contributed by atoms with Crippen molar-refractivity contribution in [2.45, 2.75) is 80.1 Å². The number of benzene rings is 2. The molecule has 2 heterocycles. The van der Waals surface area contributed by atoms with Crippen LogP contribution in [0, 0.1) is 0 Å². The number of aromatic nitrogens is 2. The highest BCUT2D eigenvalue weighted by Gasteiger charge is 2.60. The van der Waals surface area contributed by atoms with Crippen LogP contribution in [-0.2, 0) is 34.3 Å². The first-order chi connectivity index (χ1) is 22.8. The molecule has 258 valence electrons. The fourth-order valence-corrected chi connectivity index (χ4v) is 11.4. The predicted molar refractivity (Wildman–Crippen MR) is 193 cm³/mol. The van der Waals surface area contributed by atoms with Crippen molar-refractivity contribution in [1.29, 1.82) is 0 Å². The minimum Gasteiger partial charge on any atom is -0.370 e. The molecule has 0 unspecified atom stereocenters. The maximum absolute atomic E-state index is 13.4. The van der Waals surface area contributed by atoms with E-state index in [0.717, 1.165) is 16.7 Å². The molecule has 11 heteroatoms. The largest absolute Gasteiger partial charge is 0.370 e. The van der Waals surface area contributed by atoms with E-state index in [1.54, 1.807) is 14.2 Å². The molecular formula is C37H48N2O7SSi. The summed E-state index contributed by atoms with van der Waals surface area (Å²) >= 11 is 1.45. The SMILES string of the molecule is COC1(OC)C=CC(C(OC[C@H]2O[C@@](SC)(n3ccc(=O)[nH]c3=O)[C@H]([SiH](C)C)[C@@H]2OC(C)(C)C)(c2ccccc2)c2ccccc2)=CC1. The Kier molecular flexibility index (Phi) is 10.9. The highest BCUT2D eigenvalue weighted by atomic mass is 32.2. The van der Waals surface area contributed by atoms with Crippen LogP contribution in [0.4, 0.5) is 0 Å². The van der Waals surface area contributed by atoms with Crippen molar-refractivity contribution in [3.8, 4) is 0 Å². The fraction of sp³-hybridized carbons (Fsp3) is 0.459. The summed E-state index contributed by atoms with van der Waals surface area (Å²) < 4.78 is 34.3. The van der Waals surface area contributed by atoms with Crippen molar-refractivity contribution in [3.05, 3.63) is 129 Å². The van der Waals surface area contributed by atoms with Crippen LogP contribution in [-0.4, -0.2) is 69.0 Å². The Hall–Kier alpha value is -3.03. The van der Waals surface area contributed by atoms with Gasteiger partial charge in [-0.25, -0.2) is 4.79 Å². The Bertz CT molecular complexity index is 1670. The molecule has 3 aromatic rings. The minimum absolute atomic E-state index is 0.146. The molecule has 0 amide bonds. The van der Waals surface area contributed by atoms with Crippen molar-refractivity contribution in [3.63, 3.8) is 0 Å². The number of aromatic amines is 1. The molecule has 9 nitrogen and oxygen atoms in total. The highest BCUT2D eigenvalue weighted by Crippen LogP contribution is 2.54. The van der Waals surface area contributed by atoms with E-state index >= 15 is 0 Å². The van der Waals surface area contributed by atoms with Gasteiger partial charge in [-0.1, -0.05) is 85.9 Å². The number of rotatable bonds is 12. The predicted octanol–water partition coefficient (Wildman–Crippen LogP) is 5.79. The van der Waals surface area contributed by atoms with Gasteiger partial charge in [0.25, 0.3) is 5.56 Å². The van der Waals surface area contributed by atoms with E-state index in [0.29, 0.717) is 6.42 Å². The Balaban J connectivity index is 1.66. The van der Waals surface area contributed by atoms with Gasteiger partial charge in [-0.05, 0) is 49.8 Å². The molecule has 4 atom stereocenters. The van der Waals surface area contributed by atoms with Crippen LogP contribution in [0.1, 0.15) is 38.3 Å². The second kappa shape index (κ2) is 14.4. The molecule has 1 aromatic heterocycles. The summed E-state index contributed by atoms with van der Waals surface area (Å²) in [4.78, 5) is 27.9. The third kappa shape index (κ3) is 6.87. The smallest absolute Gasteiger partial charge is 0.331 e. The van der Waals surface area contributed by atoms with Gasteiger partial charge in [-0.15, -0.1) is 11.8 Å². The van der Waals surface area contributed by atoms with Crippen molar-refractivity contribution in [2.24, 2.45) is 0 Å². The molecule has 0 radical (unpaired) electrons. The molecule has 1 aliphatic carbocycles. The maximum atomic E-state index is 13.4. The summed E-state index contributed by atoms with van der Waals surface area (Å²) in [6.45, 7) is 10.7. The Morgan fingerprint density at radius 3 is 2.04 bits per heavy atom. The number of nitrogens with one attached hydrogen (secondary N) is 1. The quantitative estimate of drug-likeness (QED) is 0.188. The summed E-state index contributed by atoms with van der Waals surface area (Å²) in [5, 5.41) is -1.12. The second-order valence-corrected chi connectivity index (χ2v) is 17.8. The maximum Gasteiger partial charge on any atom is 0.331 e. The molecule has 1 aliphatic heterocycles. The topological polar surface area (TPSA) is 101 Å². The van der Waals surface area contributed by atoms with Gasteiger partial charge < -0.3 is 23.7 Å². The molecule has 0 saturated carbocycles. The van der Waals surface area contributed by atoms with E-state index in [2.05, 4.69) is 48.4 Å². The van der Waals surface area contributed by atoms with Gasteiger partial charge in [-0.3, -0.25) is 14.3 Å². The number of methoxy groups -OCH3 is 2. The van der Waals surface area contributed by atoms with Crippen LogP contribution in [0.25, 0.3) is 0 Å². The van der Waals surface area contributed by atoms with Crippen molar-refractivity contribution < 1.29 is 23.7 Å². The van der Waals surface area contributed by atoms with Crippen LogP contribution in [0.2, 0.25) is 18.6 Å². The van der Waals surface area contributed by atoms with Gasteiger partial charge in [0.2, 0.25) is 0 Å². The summed E-state index contributed by atoms with van der Waals surface area (Å²) in [5.41, 5.74) is 0.156. The number of ether oxygens (including phenoxy) is 5. The zero-order valence-corrected chi connectivity index (χ0v) is 31.1. The normalized spacial score (nSPS) is 24.2. The van der Waals surface area contributed by atoms with Gasteiger partial charge in [0.05, 0.1) is 18.3 Å². The minimum atomic E-state index is -1.62. The lowest BCUT2D eigenvalue weighted by Gasteiger charge is -2.40. The zero-order chi connectivity index (χ0) is 34.7. The lowest BCUT2D eigenvalue weighted by atomic mass is 9.77. The number of H-pyrrole nitrogens is 1. The molecule has 5 rings (SSSR count). The first-order valence-electron chi connectivity index (χ1n) is 16.3. The van der Waals surface area contributed by atoms with Crippen LogP contribution in [0.15, 0.2) is 106 Å². The van der Waals surface area contributed by atoms with Crippen LogP contribution in [0.5, 0.6) is 0 Å². The summed E-state index contributed by atoms with van der Waals surface area (Å²) in [5.74, 6) is -0.875. The third-order valence-corrected chi connectivity index (χ3v) is 12.8. The number of hydrogen-bond donors (Lipinski definition) is 1. The van der Waals surface area contributed by atoms with Crippen LogP contribution < -0.4 is 11.2 Å². The molecule has 0 bridgehead atoms. The molecule has 2 aliphatic rings. The summed E-state index contributed by atoms with van der Waals surface area (Å²) in [6, 6.07) is 21.7. The summed E-state index contributed by atoms with van der Waals surface area (Å²) in [7, 11) is 1.65. The molecule has 48 heavy (non-hydrogen) atoms. The molecule has 1 fully saturated rings. The molecule has 1 N–H and O–H groups in total. The number of hydrogen-bond acceptors (Lipinski definition) is 8. The lowest BCUT2D eigenvalue weighted by molar-refractivity contribution is -0.168. The first-order valence-corrected chi connectivity index (χ1v) is 20.5. The monoisotopic (exact) mass is 692 g/mol. The molecule has 0 spiro atoms. The standard InChI is InChI=1S/C37H48N2O7SSi/c1-34(2,3)46-31-29(45-37(47-6,32(31)48(7)8)39-24-21-30(40)38-33(39)41)25-44-36(26-15-11-9-12-16-26,27-17-13-10-14-18-27)28-19-22-35(42-4,43-5)23-20-28/h9-22,24,29,31-32,48H,23,25H2,1-8H3,(H,38,40,41)/t29-,31-,32-,37+/m1/s1. The van der Waals surface area contributed by atoms with Crippen molar-refractivity contribution in [2.75, 3.05) is 27.1 Å². The lowest BCUT2D eigenvalue weighted by Crippen LogP contribution is -2.48. The van der Waals surface area contributed by atoms with Gasteiger partial charge in [-0.2, -0.15) is 0 Å². The van der Waals surface area contributed by atoms with Crippen LogP contribution >= 0.6 is 11.8 Å². The Morgan fingerprint density at radius 2 is 1.58 bits per heavy atom. The highest BCUT2D eigenvalue weighted by molar-refractivity contribution is 7.99. The summed E-state index contributed by atoms with van der Waals surface area (Å²) in [6.07, 6.45) is 9.06. The zero-order valence-electron chi connectivity index (χ0n) is 29.1. The first kappa shape index (κ1) is 36.3. The van der Waals surface area contributed by atoms with E-state index in [1.807, 2.05) is 75.6 Å². The van der Waals surface area contributed by atoms with Crippen molar-refractivity contribution in [1.82, 2.24) is 9.55 Å². The average molecular weight is 693 g/mol. The average Bonchev–Trinajstić information content (AvgIpc) is 3.39. The third-order valence-electron chi connectivity index (χ3n) is 9.17. The molecular weight excluding hydrogens is 645 g/mol. The van der Waals surface area contributed by atoms with Crippen LogP contribution in [0.3, 0.4) is 0 Å². The van der Waals surface area contributed by atoms with E-state index in [-0.39, 0.29) is 12.1 Å². The van der Waals surface area contributed by atoms with Gasteiger partial charge in [0, 0.05) is 47.2 Å². The van der Waals surface area contributed by atoms with E-state index in [1.165, 1.54) is 28.6 Å². The van der Waals surface area contributed by atoms with E-state index in [9.17, 15) is 9.59 Å². The molecule has 2 aromatic carbocycles. The Morgan fingerprint density at radius 1 is 0.979 bits per heavy atom.